The molecule has 0 radical (unpaired) electrons. The van der Waals surface area contributed by atoms with E-state index < -0.39 is 0 Å². The number of hydroxylamine groups is 2. The first-order chi connectivity index (χ1) is 13.4. The fraction of sp³-hybridized carbons (Fsp3) is 0.261. The van der Waals surface area contributed by atoms with Crippen LogP contribution in [-0.2, 0) is 12.0 Å². The molecule has 0 spiro atoms. The first-order valence-electron chi connectivity index (χ1n) is 9.50. The van der Waals surface area contributed by atoms with Crippen LogP contribution in [-0.4, -0.2) is 16.7 Å². The molecule has 28 heavy (non-hydrogen) atoms. The maximum atomic E-state index is 11.6. The van der Waals surface area contributed by atoms with E-state index in [1.54, 1.807) is 22.7 Å². The number of thiazole rings is 1. The van der Waals surface area contributed by atoms with Crippen LogP contribution in [0.4, 0.5) is 5.13 Å². The first kappa shape index (κ1) is 18.0. The zero-order valence-electron chi connectivity index (χ0n) is 16.3. The van der Waals surface area contributed by atoms with Crippen molar-refractivity contribution in [3.8, 4) is 10.6 Å². The van der Waals surface area contributed by atoms with Gasteiger partial charge >= 0.3 is 5.13 Å². The Morgan fingerprint density at radius 3 is 2.64 bits per heavy atom. The van der Waals surface area contributed by atoms with E-state index in [1.165, 1.54) is 31.7 Å². The molecule has 2 aromatic carbocycles. The Morgan fingerprint density at radius 2 is 1.82 bits per heavy atom. The summed E-state index contributed by atoms with van der Waals surface area (Å²) in [5.74, 6) is 0. The van der Waals surface area contributed by atoms with E-state index >= 15 is 0 Å². The van der Waals surface area contributed by atoms with Crippen molar-refractivity contribution in [2.45, 2.75) is 32.7 Å². The van der Waals surface area contributed by atoms with Crippen molar-refractivity contribution in [2.75, 3.05) is 6.54 Å². The van der Waals surface area contributed by atoms with Crippen LogP contribution in [0, 0.1) is 6.92 Å². The van der Waals surface area contributed by atoms with E-state index in [4.69, 9.17) is 4.98 Å². The molecule has 0 fully saturated rings. The van der Waals surface area contributed by atoms with Gasteiger partial charge in [0.05, 0.1) is 10.6 Å². The van der Waals surface area contributed by atoms with Crippen LogP contribution >= 0.6 is 22.7 Å². The summed E-state index contributed by atoms with van der Waals surface area (Å²) in [5.41, 5.74) is 4.67. The third kappa shape index (κ3) is 2.73. The summed E-state index contributed by atoms with van der Waals surface area (Å²) >= 11 is 3.34. The second kappa shape index (κ2) is 6.22. The molecule has 0 bridgehead atoms. The molecule has 3 nitrogen and oxygen atoms in total. The summed E-state index contributed by atoms with van der Waals surface area (Å²) in [6.07, 6.45) is 0. The van der Waals surface area contributed by atoms with Gasteiger partial charge in [-0.25, -0.2) is 5.21 Å². The quantitative estimate of drug-likeness (QED) is 0.384. The van der Waals surface area contributed by atoms with Crippen molar-refractivity contribution in [3.05, 3.63) is 70.6 Å². The van der Waals surface area contributed by atoms with Gasteiger partial charge in [0.15, 0.2) is 0 Å². The summed E-state index contributed by atoms with van der Waals surface area (Å²) in [6, 6.07) is 16.9. The Hall–Kier alpha value is -2.05. The van der Waals surface area contributed by atoms with Gasteiger partial charge in [-0.2, -0.15) is 4.98 Å². The molecule has 5 rings (SSSR count). The molecule has 0 saturated carbocycles. The topological polar surface area (TPSA) is 33.1 Å². The third-order valence-electron chi connectivity index (χ3n) is 5.76. The standard InChI is InChI=1S/C23H23N2OS2/c1-15-17-9-5-7-11-20(17)28-21(15)19-13-27-22(24-19)25(26)12-16-8-4-6-10-18(16)23(2,3)14-25/h4-11,13,26H,12,14H2,1-3H3/q+1. The molecule has 2 aromatic heterocycles. The van der Waals surface area contributed by atoms with Crippen molar-refractivity contribution in [1.82, 2.24) is 9.63 Å². The summed E-state index contributed by atoms with van der Waals surface area (Å²) in [4.78, 5) is 6.12. The SMILES string of the molecule is Cc1c(-c2csc([N+]3(O)Cc4ccccc4C(C)(C)C3)n2)sc2ccccc12. The number of aryl methyl sites for hydroxylation is 1. The molecule has 1 aliphatic heterocycles. The second-order valence-electron chi connectivity index (χ2n) is 8.35. The van der Waals surface area contributed by atoms with E-state index in [2.05, 4.69) is 74.7 Å². The highest BCUT2D eigenvalue weighted by atomic mass is 32.1. The fourth-order valence-corrected chi connectivity index (χ4v) is 6.62. The van der Waals surface area contributed by atoms with Crippen LogP contribution in [0.3, 0.4) is 0 Å². The van der Waals surface area contributed by atoms with Crippen molar-refractivity contribution in [2.24, 2.45) is 0 Å². The molecule has 1 unspecified atom stereocenters. The highest BCUT2D eigenvalue weighted by Crippen LogP contribution is 2.43. The molecule has 4 aromatic rings. The lowest BCUT2D eigenvalue weighted by Crippen LogP contribution is -2.55. The average molecular weight is 408 g/mol. The Balaban J connectivity index is 1.57. The number of quaternary nitrogens is 1. The lowest BCUT2D eigenvalue weighted by molar-refractivity contribution is -0.107. The lowest BCUT2D eigenvalue weighted by atomic mass is 9.78. The minimum atomic E-state index is -0.126. The number of nitrogens with zero attached hydrogens (tertiary/aromatic N) is 2. The second-order valence-corrected chi connectivity index (χ2v) is 10.2. The minimum Gasteiger partial charge on any atom is -0.209 e. The van der Waals surface area contributed by atoms with E-state index in [9.17, 15) is 5.21 Å². The van der Waals surface area contributed by atoms with Crippen molar-refractivity contribution in [1.29, 1.82) is 0 Å². The molecule has 0 aliphatic carbocycles. The van der Waals surface area contributed by atoms with Crippen LogP contribution < -0.4 is 4.65 Å². The van der Waals surface area contributed by atoms with Crippen LogP contribution in [0.2, 0.25) is 0 Å². The van der Waals surface area contributed by atoms with Gasteiger partial charge in [0.25, 0.3) is 0 Å². The largest absolute Gasteiger partial charge is 0.319 e. The van der Waals surface area contributed by atoms with E-state index in [1.807, 2.05) is 0 Å². The van der Waals surface area contributed by atoms with Gasteiger partial charge in [0, 0.05) is 21.1 Å². The predicted molar refractivity (Wildman–Crippen MR) is 119 cm³/mol. The summed E-state index contributed by atoms with van der Waals surface area (Å²) in [7, 11) is 0. The number of benzene rings is 2. The molecule has 0 amide bonds. The molecule has 5 heteroatoms. The Labute approximate surface area is 173 Å². The van der Waals surface area contributed by atoms with Crippen LogP contribution in [0.1, 0.15) is 30.5 Å². The zero-order chi connectivity index (χ0) is 19.5. The molecule has 142 valence electrons. The van der Waals surface area contributed by atoms with Gasteiger partial charge in [-0.15, -0.1) is 16.0 Å². The van der Waals surface area contributed by atoms with Gasteiger partial charge in [0.2, 0.25) is 0 Å². The maximum absolute atomic E-state index is 11.6. The Kier molecular flexibility index (Phi) is 4.00. The Bertz CT molecular complexity index is 1190. The van der Waals surface area contributed by atoms with Gasteiger partial charge in [-0.1, -0.05) is 67.6 Å². The first-order valence-corrected chi connectivity index (χ1v) is 11.2. The van der Waals surface area contributed by atoms with Gasteiger partial charge < -0.3 is 0 Å². The highest BCUT2D eigenvalue weighted by Gasteiger charge is 2.46. The number of rotatable bonds is 2. The van der Waals surface area contributed by atoms with Gasteiger partial charge in [0.1, 0.15) is 13.1 Å². The molecular formula is C23H23N2OS2+. The molecule has 1 atom stereocenters. The van der Waals surface area contributed by atoms with Crippen molar-refractivity contribution >= 4 is 37.9 Å². The van der Waals surface area contributed by atoms with E-state index in [-0.39, 0.29) is 10.1 Å². The number of thiophene rings is 1. The number of hydrogen-bond donors (Lipinski definition) is 1. The van der Waals surface area contributed by atoms with E-state index in [0.717, 1.165) is 10.8 Å². The van der Waals surface area contributed by atoms with Gasteiger partial charge in [-0.3, -0.25) is 0 Å². The summed E-state index contributed by atoms with van der Waals surface area (Å²) in [5, 5.41) is 15.7. The molecule has 0 saturated heterocycles. The lowest BCUT2D eigenvalue weighted by Gasteiger charge is -2.40. The number of aromatic nitrogens is 1. The summed E-state index contributed by atoms with van der Waals surface area (Å²) in [6.45, 7) is 7.77. The molecule has 1 aliphatic rings. The third-order valence-corrected chi connectivity index (χ3v) is 8.04. The fourth-order valence-electron chi connectivity index (χ4n) is 4.51. The average Bonchev–Trinajstić information content (AvgIpc) is 3.27. The van der Waals surface area contributed by atoms with Crippen LogP contribution in [0.5, 0.6) is 0 Å². The summed E-state index contributed by atoms with van der Waals surface area (Å²) < 4.78 is 1.16. The van der Waals surface area contributed by atoms with Crippen LogP contribution in [0.25, 0.3) is 20.7 Å². The van der Waals surface area contributed by atoms with Crippen molar-refractivity contribution < 1.29 is 5.21 Å². The highest BCUT2D eigenvalue weighted by molar-refractivity contribution is 7.22. The molecule has 1 N–H and O–H groups in total. The molecular weight excluding hydrogens is 384 g/mol. The Morgan fingerprint density at radius 1 is 1.07 bits per heavy atom. The monoisotopic (exact) mass is 407 g/mol. The minimum absolute atomic E-state index is 0.108. The van der Waals surface area contributed by atoms with Crippen LogP contribution in [0.15, 0.2) is 53.9 Å². The number of hydrogen-bond acceptors (Lipinski definition) is 4. The molecule has 3 heterocycles. The zero-order valence-corrected chi connectivity index (χ0v) is 17.9. The van der Waals surface area contributed by atoms with Gasteiger partial charge in [-0.05, 0) is 29.5 Å². The van der Waals surface area contributed by atoms with Crippen molar-refractivity contribution in [3.63, 3.8) is 0 Å². The normalized spacial score (nSPS) is 21.0. The van der Waals surface area contributed by atoms with E-state index in [0.29, 0.717) is 13.1 Å². The maximum Gasteiger partial charge on any atom is 0.319 e. The smallest absolute Gasteiger partial charge is 0.209 e. The number of fused-ring (bicyclic) bond motifs is 2. The predicted octanol–water partition coefficient (Wildman–Crippen LogP) is 6.52.